The summed E-state index contributed by atoms with van der Waals surface area (Å²) in [5, 5.41) is 23.3. The molecule has 0 heterocycles. The summed E-state index contributed by atoms with van der Waals surface area (Å²) in [6.45, 7) is 0. The van der Waals surface area contributed by atoms with E-state index in [1.807, 2.05) is 0 Å². The van der Waals surface area contributed by atoms with Crippen molar-refractivity contribution in [3.63, 3.8) is 0 Å². The van der Waals surface area contributed by atoms with Crippen LogP contribution in [0.2, 0.25) is 0 Å². The average molecular weight is 335 g/mol. The molecule has 1 rings (SSSR count). The number of methoxy groups -OCH3 is 1. The van der Waals surface area contributed by atoms with Crippen molar-refractivity contribution in [1.82, 2.24) is 5.32 Å². The lowest BCUT2D eigenvalue weighted by Crippen LogP contribution is -2.48. The molecule has 0 aliphatic heterocycles. The van der Waals surface area contributed by atoms with E-state index in [2.05, 4.69) is 4.74 Å². The first-order valence-corrected chi connectivity index (χ1v) is 5.96. The minimum Gasteiger partial charge on any atom is -0.868 e. The molecular formula is C12H10F3N2O6-. The number of carbonyl (C=O) groups excluding carboxylic acids is 2. The number of nitro groups is 1. The number of benzene rings is 1. The van der Waals surface area contributed by atoms with Crippen molar-refractivity contribution >= 4 is 17.6 Å². The van der Waals surface area contributed by atoms with Crippen LogP contribution in [0.4, 0.5) is 18.9 Å². The van der Waals surface area contributed by atoms with Gasteiger partial charge in [-0.2, -0.15) is 13.2 Å². The van der Waals surface area contributed by atoms with Crippen molar-refractivity contribution in [3.05, 3.63) is 33.9 Å². The molecule has 0 saturated carbocycles. The Bertz CT molecular complexity index is 632. The van der Waals surface area contributed by atoms with E-state index in [4.69, 9.17) is 0 Å². The van der Waals surface area contributed by atoms with E-state index in [0.29, 0.717) is 0 Å². The van der Waals surface area contributed by atoms with Gasteiger partial charge >= 0.3 is 18.1 Å². The molecule has 0 radical (unpaired) electrons. The number of esters is 1. The van der Waals surface area contributed by atoms with Gasteiger partial charge in [0.1, 0.15) is 6.04 Å². The van der Waals surface area contributed by atoms with Gasteiger partial charge in [-0.05, 0) is 11.3 Å². The van der Waals surface area contributed by atoms with Crippen molar-refractivity contribution in [3.8, 4) is 5.75 Å². The van der Waals surface area contributed by atoms with Crippen LogP contribution >= 0.6 is 0 Å². The fraction of sp³-hybridized carbons (Fsp3) is 0.333. The first kappa shape index (κ1) is 18.2. The van der Waals surface area contributed by atoms with E-state index in [9.17, 15) is 38.0 Å². The van der Waals surface area contributed by atoms with Gasteiger partial charge in [0, 0.05) is 12.5 Å². The Kier molecular flexibility index (Phi) is 5.49. The van der Waals surface area contributed by atoms with Crippen molar-refractivity contribution in [1.29, 1.82) is 0 Å². The third kappa shape index (κ3) is 4.83. The van der Waals surface area contributed by atoms with E-state index in [1.54, 1.807) is 0 Å². The van der Waals surface area contributed by atoms with Gasteiger partial charge in [0.15, 0.2) is 0 Å². The van der Waals surface area contributed by atoms with Crippen LogP contribution < -0.4 is 10.4 Å². The molecule has 1 N–H and O–H groups in total. The number of nitrogens with one attached hydrogen (secondary N) is 1. The summed E-state index contributed by atoms with van der Waals surface area (Å²) in [5.41, 5.74) is -0.789. The monoisotopic (exact) mass is 335 g/mol. The number of rotatable bonds is 5. The summed E-state index contributed by atoms with van der Waals surface area (Å²) in [5.74, 6) is -4.42. The highest BCUT2D eigenvalue weighted by molar-refractivity contribution is 5.87. The summed E-state index contributed by atoms with van der Waals surface area (Å²) < 4.78 is 41.0. The van der Waals surface area contributed by atoms with Gasteiger partial charge < -0.3 is 15.2 Å². The van der Waals surface area contributed by atoms with Crippen molar-refractivity contribution < 1.29 is 37.5 Å². The molecule has 1 atom stereocenters. The molecule has 0 bridgehead atoms. The SMILES string of the molecule is COC(=O)[C@@H](Cc1ccc([O-])c([N+](=O)[O-])c1)NC(=O)C(F)(F)F. The highest BCUT2D eigenvalue weighted by Crippen LogP contribution is 2.24. The van der Waals surface area contributed by atoms with Crippen LogP contribution in [0, 0.1) is 10.1 Å². The molecule has 0 aliphatic rings. The van der Waals surface area contributed by atoms with Crippen LogP contribution in [0.3, 0.4) is 0 Å². The van der Waals surface area contributed by atoms with E-state index in [-0.39, 0.29) is 5.56 Å². The largest absolute Gasteiger partial charge is 0.868 e. The van der Waals surface area contributed by atoms with Crippen molar-refractivity contribution in [2.75, 3.05) is 7.11 Å². The summed E-state index contributed by atoms with van der Waals surface area (Å²) in [4.78, 5) is 32.1. The van der Waals surface area contributed by atoms with Crippen LogP contribution in [0.15, 0.2) is 18.2 Å². The van der Waals surface area contributed by atoms with Gasteiger partial charge in [0.25, 0.3) is 5.69 Å². The number of amides is 1. The molecule has 8 nitrogen and oxygen atoms in total. The second kappa shape index (κ2) is 6.94. The number of nitro benzene ring substituents is 1. The summed E-state index contributed by atoms with van der Waals surface area (Å²) in [6.07, 6.45) is -5.73. The maximum atomic E-state index is 12.2. The molecule has 1 aromatic carbocycles. The normalized spacial score (nSPS) is 12.3. The molecule has 0 fully saturated rings. The quantitative estimate of drug-likeness (QED) is 0.473. The van der Waals surface area contributed by atoms with Crippen molar-refractivity contribution in [2.24, 2.45) is 0 Å². The van der Waals surface area contributed by atoms with Gasteiger partial charge in [0.05, 0.1) is 12.0 Å². The first-order valence-electron chi connectivity index (χ1n) is 5.96. The Morgan fingerprint density at radius 3 is 2.48 bits per heavy atom. The molecule has 1 amide bonds. The zero-order chi connectivity index (χ0) is 17.8. The average Bonchev–Trinajstić information content (AvgIpc) is 2.46. The molecule has 1 aromatic rings. The predicted molar refractivity (Wildman–Crippen MR) is 66.2 cm³/mol. The van der Waals surface area contributed by atoms with Gasteiger partial charge in [0.2, 0.25) is 0 Å². The van der Waals surface area contributed by atoms with Gasteiger partial charge in [-0.15, -0.1) is 0 Å². The van der Waals surface area contributed by atoms with E-state index < -0.39 is 46.9 Å². The number of nitrogens with zero attached hydrogens (tertiary/aromatic N) is 1. The zero-order valence-corrected chi connectivity index (χ0v) is 11.5. The molecule has 0 saturated heterocycles. The number of hydrogen-bond donors (Lipinski definition) is 1. The number of carbonyl (C=O) groups is 2. The molecular weight excluding hydrogens is 325 g/mol. The number of halogens is 3. The van der Waals surface area contributed by atoms with Crippen molar-refractivity contribution in [2.45, 2.75) is 18.6 Å². The second-order valence-electron chi connectivity index (χ2n) is 4.31. The smallest absolute Gasteiger partial charge is 0.471 e. The van der Waals surface area contributed by atoms with Gasteiger partial charge in [-0.1, -0.05) is 12.1 Å². The van der Waals surface area contributed by atoms with Gasteiger partial charge in [-0.25, -0.2) is 4.79 Å². The third-order valence-corrected chi connectivity index (χ3v) is 2.71. The summed E-state index contributed by atoms with van der Waals surface area (Å²) >= 11 is 0. The van der Waals surface area contributed by atoms with Crippen LogP contribution in [0.1, 0.15) is 5.56 Å². The molecule has 11 heteroatoms. The minimum absolute atomic E-state index is 0.00849. The van der Waals surface area contributed by atoms with Crippen LogP contribution in [0.5, 0.6) is 5.75 Å². The summed E-state index contributed by atoms with van der Waals surface area (Å²) in [7, 11) is 0.901. The molecule has 23 heavy (non-hydrogen) atoms. The maximum Gasteiger partial charge on any atom is 0.471 e. The Morgan fingerprint density at radius 2 is 2.00 bits per heavy atom. The number of alkyl halides is 3. The number of hydrogen-bond acceptors (Lipinski definition) is 6. The van der Waals surface area contributed by atoms with E-state index in [0.717, 1.165) is 25.3 Å². The Morgan fingerprint density at radius 1 is 1.39 bits per heavy atom. The van der Waals surface area contributed by atoms with Gasteiger partial charge in [-0.3, -0.25) is 14.9 Å². The molecule has 0 aliphatic carbocycles. The Balaban J connectivity index is 3.03. The summed E-state index contributed by atoms with van der Waals surface area (Å²) in [6, 6.07) is 1.04. The molecule has 126 valence electrons. The fourth-order valence-electron chi connectivity index (χ4n) is 1.64. The Hall–Kier alpha value is -2.85. The molecule has 0 unspecified atom stereocenters. The predicted octanol–water partition coefficient (Wildman–Crippen LogP) is 0.431. The lowest BCUT2D eigenvalue weighted by atomic mass is 10.0. The Labute approximate surface area is 127 Å². The topological polar surface area (TPSA) is 122 Å². The molecule has 0 aromatic heterocycles. The van der Waals surface area contributed by atoms with Crippen LogP contribution in [-0.2, 0) is 20.7 Å². The highest BCUT2D eigenvalue weighted by atomic mass is 19.4. The minimum atomic E-state index is -5.21. The van der Waals surface area contributed by atoms with E-state index in [1.165, 1.54) is 5.32 Å². The molecule has 0 spiro atoms. The highest BCUT2D eigenvalue weighted by Gasteiger charge is 2.41. The maximum absolute atomic E-state index is 12.2. The standard InChI is InChI=1S/C12H11F3N2O6/c1-23-10(19)7(16-11(20)12(13,14)15)4-6-2-3-9(18)8(5-6)17(21)22/h2-3,5,7,18H,4H2,1H3,(H,16,20)/p-1/t7-/m1/s1. The second-order valence-corrected chi connectivity index (χ2v) is 4.31. The van der Waals surface area contributed by atoms with Crippen LogP contribution in [-0.4, -0.2) is 36.1 Å². The van der Waals surface area contributed by atoms with Crippen LogP contribution in [0.25, 0.3) is 0 Å². The lowest BCUT2D eigenvalue weighted by molar-refractivity contribution is -0.398. The fourth-order valence-corrected chi connectivity index (χ4v) is 1.64. The van der Waals surface area contributed by atoms with E-state index >= 15 is 0 Å². The lowest BCUT2D eigenvalue weighted by Gasteiger charge is -2.18. The third-order valence-electron chi connectivity index (χ3n) is 2.71. The zero-order valence-electron chi connectivity index (χ0n) is 11.5. The first-order chi connectivity index (χ1) is 10.6. The number of ether oxygens (including phenoxy) is 1.